The lowest BCUT2D eigenvalue weighted by molar-refractivity contribution is -0.142. The highest BCUT2D eigenvalue weighted by atomic mass is 16.5. The van der Waals surface area contributed by atoms with E-state index in [1.807, 2.05) is 0 Å². The van der Waals surface area contributed by atoms with Crippen LogP contribution in [-0.2, 0) is 14.3 Å². The Morgan fingerprint density at radius 3 is 2.68 bits per heavy atom. The largest absolute Gasteiger partial charge is 0.480 e. The van der Waals surface area contributed by atoms with Gasteiger partial charge < -0.3 is 19.6 Å². The number of esters is 1. The standard InChI is InChI=1S/C11H14N2O6/c1-6-9(19-5-12-6)10(15)13-7(11(16)17)3-4-8(14)18-2/h5,7H,3-4H2,1-2H3,(H,13,15)(H,16,17)/t7-/m1/s1. The van der Waals surface area contributed by atoms with Crippen LogP contribution in [0.3, 0.4) is 0 Å². The molecule has 1 amide bonds. The molecule has 2 N–H and O–H groups in total. The second-order valence-electron chi connectivity index (χ2n) is 3.75. The molecule has 1 aromatic heterocycles. The van der Waals surface area contributed by atoms with E-state index in [1.165, 1.54) is 7.11 Å². The van der Waals surface area contributed by atoms with Crippen molar-refractivity contribution >= 4 is 17.8 Å². The third-order valence-electron chi connectivity index (χ3n) is 2.42. The van der Waals surface area contributed by atoms with Crippen molar-refractivity contribution in [2.75, 3.05) is 7.11 Å². The fourth-order valence-corrected chi connectivity index (χ4v) is 1.37. The summed E-state index contributed by atoms with van der Waals surface area (Å²) in [5.41, 5.74) is 0.356. The van der Waals surface area contributed by atoms with Gasteiger partial charge in [-0.1, -0.05) is 0 Å². The Kier molecular flexibility index (Phi) is 5.04. The molecule has 1 aromatic rings. The van der Waals surface area contributed by atoms with Gasteiger partial charge in [0.15, 0.2) is 6.39 Å². The van der Waals surface area contributed by atoms with Gasteiger partial charge >= 0.3 is 11.9 Å². The molecule has 1 rings (SSSR count). The first-order valence-electron chi connectivity index (χ1n) is 5.46. The maximum atomic E-state index is 11.7. The van der Waals surface area contributed by atoms with E-state index in [9.17, 15) is 14.4 Å². The van der Waals surface area contributed by atoms with Gasteiger partial charge in [0.25, 0.3) is 5.91 Å². The van der Waals surface area contributed by atoms with Crippen molar-refractivity contribution in [1.82, 2.24) is 10.3 Å². The first-order valence-corrected chi connectivity index (χ1v) is 5.46. The topological polar surface area (TPSA) is 119 Å². The fourth-order valence-electron chi connectivity index (χ4n) is 1.37. The van der Waals surface area contributed by atoms with Crippen LogP contribution in [0.15, 0.2) is 10.8 Å². The van der Waals surface area contributed by atoms with Crippen LogP contribution in [0, 0.1) is 6.92 Å². The number of aliphatic carboxylic acids is 1. The molecule has 0 aliphatic heterocycles. The minimum Gasteiger partial charge on any atom is -0.480 e. The molecule has 1 atom stereocenters. The number of amides is 1. The predicted octanol–water partition coefficient (Wildman–Crippen LogP) is 0.119. The molecule has 8 nitrogen and oxygen atoms in total. The summed E-state index contributed by atoms with van der Waals surface area (Å²) >= 11 is 0. The van der Waals surface area contributed by atoms with E-state index >= 15 is 0 Å². The van der Waals surface area contributed by atoms with Crippen molar-refractivity contribution < 1.29 is 28.6 Å². The fraction of sp³-hybridized carbons (Fsp3) is 0.455. The van der Waals surface area contributed by atoms with E-state index in [-0.39, 0.29) is 18.6 Å². The summed E-state index contributed by atoms with van der Waals surface area (Å²) in [6.07, 6.45) is 0.915. The van der Waals surface area contributed by atoms with Crippen molar-refractivity contribution in [3.05, 3.63) is 17.8 Å². The Balaban J connectivity index is 2.64. The van der Waals surface area contributed by atoms with Crippen molar-refractivity contribution in [3.63, 3.8) is 0 Å². The summed E-state index contributed by atoms with van der Waals surface area (Å²) in [6, 6.07) is -1.20. The van der Waals surface area contributed by atoms with Crippen molar-refractivity contribution in [1.29, 1.82) is 0 Å². The Morgan fingerprint density at radius 2 is 2.21 bits per heavy atom. The van der Waals surface area contributed by atoms with Gasteiger partial charge in [0.05, 0.1) is 12.8 Å². The molecule has 0 saturated carbocycles. The Bertz CT molecular complexity index is 481. The monoisotopic (exact) mass is 270 g/mol. The molecule has 0 saturated heterocycles. The first-order chi connectivity index (χ1) is 8.95. The van der Waals surface area contributed by atoms with E-state index in [1.54, 1.807) is 6.92 Å². The quantitative estimate of drug-likeness (QED) is 0.704. The highest BCUT2D eigenvalue weighted by Crippen LogP contribution is 2.07. The summed E-state index contributed by atoms with van der Waals surface area (Å²) in [5.74, 6) is -2.53. The van der Waals surface area contributed by atoms with Crippen LogP contribution in [0.2, 0.25) is 0 Å². The zero-order valence-corrected chi connectivity index (χ0v) is 10.5. The maximum Gasteiger partial charge on any atom is 0.326 e. The highest BCUT2D eigenvalue weighted by Gasteiger charge is 2.24. The number of methoxy groups -OCH3 is 1. The minimum absolute atomic E-state index is 0.0516. The van der Waals surface area contributed by atoms with Crippen molar-refractivity contribution in [2.24, 2.45) is 0 Å². The normalized spacial score (nSPS) is 11.7. The number of aryl methyl sites for hydroxylation is 1. The van der Waals surface area contributed by atoms with Gasteiger partial charge in [-0.15, -0.1) is 0 Å². The smallest absolute Gasteiger partial charge is 0.326 e. The van der Waals surface area contributed by atoms with Gasteiger partial charge in [-0.2, -0.15) is 0 Å². The van der Waals surface area contributed by atoms with E-state index in [0.29, 0.717) is 5.69 Å². The third kappa shape index (κ3) is 4.09. The van der Waals surface area contributed by atoms with Gasteiger partial charge in [-0.05, 0) is 13.3 Å². The number of ether oxygens (including phenoxy) is 1. The van der Waals surface area contributed by atoms with Crippen LogP contribution < -0.4 is 5.32 Å². The summed E-state index contributed by atoms with van der Waals surface area (Å²) < 4.78 is 9.25. The molecule has 0 aromatic carbocycles. The maximum absolute atomic E-state index is 11.7. The van der Waals surface area contributed by atoms with E-state index in [2.05, 4.69) is 15.0 Å². The second-order valence-corrected chi connectivity index (χ2v) is 3.75. The average molecular weight is 270 g/mol. The lowest BCUT2D eigenvalue weighted by Gasteiger charge is -2.12. The lowest BCUT2D eigenvalue weighted by Crippen LogP contribution is -2.41. The summed E-state index contributed by atoms with van der Waals surface area (Å²) in [6.45, 7) is 1.56. The number of carbonyl (C=O) groups excluding carboxylic acids is 2. The number of nitrogens with one attached hydrogen (secondary N) is 1. The molecule has 0 bridgehead atoms. The van der Waals surface area contributed by atoms with Crippen molar-refractivity contribution in [3.8, 4) is 0 Å². The van der Waals surface area contributed by atoms with Gasteiger partial charge in [0.1, 0.15) is 6.04 Å². The molecule has 8 heteroatoms. The summed E-state index contributed by atoms with van der Waals surface area (Å²) in [4.78, 5) is 37.4. The van der Waals surface area contributed by atoms with E-state index < -0.39 is 23.9 Å². The van der Waals surface area contributed by atoms with Crippen LogP contribution in [0.4, 0.5) is 0 Å². The van der Waals surface area contributed by atoms with Gasteiger partial charge in [0.2, 0.25) is 5.76 Å². The molecule has 0 spiro atoms. The number of carboxylic acid groups (broad SMARTS) is 1. The number of carboxylic acids is 1. The molecule has 104 valence electrons. The van der Waals surface area contributed by atoms with E-state index in [0.717, 1.165) is 6.39 Å². The molecule has 0 aliphatic rings. The zero-order valence-electron chi connectivity index (χ0n) is 10.5. The van der Waals surface area contributed by atoms with Crippen LogP contribution >= 0.6 is 0 Å². The van der Waals surface area contributed by atoms with Crippen molar-refractivity contribution in [2.45, 2.75) is 25.8 Å². The number of hydrogen-bond donors (Lipinski definition) is 2. The van der Waals surface area contributed by atoms with Gasteiger partial charge in [0, 0.05) is 6.42 Å². The average Bonchev–Trinajstić information content (AvgIpc) is 2.79. The number of oxazole rings is 1. The molecule has 1 heterocycles. The van der Waals surface area contributed by atoms with Crippen LogP contribution in [0.1, 0.15) is 29.1 Å². The number of carbonyl (C=O) groups is 3. The molecule has 0 aliphatic carbocycles. The number of nitrogens with zero attached hydrogens (tertiary/aromatic N) is 1. The number of rotatable bonds is 6. The highest BCUT2D eigenvalue weighted by molar-refractivity contribution is 5.95. The lowest BCUT2D eigenvalue weighted by atomic mass is 10.1. The molecular formula is C11H14N2O6. The SMILES string of the molecule is COC(=O)CC[C@@H](NC(=O)c1ocnc1C)C(=O)O. The van der Waals surface area contributed by atoms with Crippen LogP contribution in [0.5, 0.6) is 0 Å². The Morgan fingerprint density at radius 1 is 1.53 bits per heavy atom. The Hall–Kier alpha value is -2.38. The number of aromatic nitrogens is 1. The van der Waals surface area contributed by atoms with Crippen LogP contribution in [0.25, 0.3) is 0 Å². The molecular weight excluding hydrogens is 256 g/mol. The summed E-state index contributed by atoms with van der Waals surface area (Å²) in [7, 11) is 1.20. The Labute approximate surface area is 108 Å². The zero-order chi connectivity index (χ0) is 14.4. The molecule has 19 heavy (non-hydrogen) atoms. The van der Waals surface area contributed by atoms with Gasteiger partial charge in [-0.3, -0.25) is 9.59 Å². The number of hydrogen-bond acceptors (Lipinski definition) is 6. The summed E-state index contributed by atoms with van der Waals surface area (Å²) in [5, 5.41) is 11.2. The molecule has 0 unspecified atom stereocenters. The van der Waals surface area contributed by atoms with Crippen LogP contribution in [-0.4, -0.2) is 41.1 Å². The first kappa shape index (κ1) is 14.7. The van der Waals surface area contributed by atoms with Gasteiger partial charge in [-0.25, -0.2) is 9.78 Å². The predicted molar refractivity (Wildman–Crippen MR) is 61.4 cm³/mol. The minimum atomic E-state index is -1.24. The molecule has 0 radical (unpaired) electrons. The molecule has 0 fully saturated rings. The second kappa shape index (κ2) is 6.53. The van der Waals surface area contributed by atoms with E-state index in [4.69, 9.17) is 9.52 Å². The third-order valence-corrected chi connectivity index (χ3v) is 2.42.